The highest BCUT2D eigenvalue weighted by Gasteiger charge is 2.44. The lowest BCUT2D eigenvalue weighted by Crippen LogP contribution is -2.22. The highest BCUT2D eigenvalue weighted by atomic mass is 79.9. The Bertz CT molecular complexity index is 558. The fraction of sp³-hybridized carbons (Fsp3) is 0.412. The normalized spacial score (nSPS) is 22.8. The van der Waals surface area contributed by atoms with E-state index in [1.54, 1.807) is 0 Å². The van der Waals surface area contributed by atoms with Crippen LogP contribution in [0.25, 0.3) is 0 Å². The number of hydrogen-bond acceptors (Lipinski definition) is 2. The van der Waals surface area contributed by atoms with Crippen molar-refractivity contribution >= 4 is 27.3 Å². The number of rotatable bonds is 5. The van der Waals surface area contributed by atoms with Crippen molar-refractivity contribution in [2.24, 2.45) is 5.92 Å². The van der Waals surface area contributed by atoms with Crippen molar-refractivity contribution in [1.29, 1.82) is 0 Å². The lowest BCUT2D eigenvalue weighted by Gasteiger charge is -2.16. The summed E-state index contributed by atoms with van der Waals surface area (Å²) in [5.74, 6) is 1.46. The summed E-state index contributed by atoms with van der Waals surface area (Å²) < 4.78 is 1.27. The molecule has 2 aromatic rings. The molecule has 106 valence electrons. The van der Waals surface area contributed by atoms with E-state index in [9.17, 15) is 0 Å². The Kier molecular flexibility index (Phi) is 4.29. The number of thiophene rings is 1. The van der Waals surface area contributed by atoms with Crippen molar-refractivity contribution in [1.82, 2.24) is 5.32 Å². The first-order valence-electron chi connectivity index (χ1n) is 7.25. The third-order valence-electron chi connectivity index (χ3n) is 4.10. The van der Waals surface area contributed by atoms with Gasteiger partial charge in [-0.05, 0) is 64.8 Å². The molecule has 0 bridgehead atoms. The standard InChI is InChI=1S/C17H20BrNS/c1-3-19-16(15-9-11(2)17(18)20-15)14-10-13(14)12-7-5-4-6-8-12/h4-9,13-14,16,19H,3,10H2,1-2H3. The summed E-state index contributed by atoms with van der Waals surface area (Å²) in [6.45, 7) is 5.40. The summed E-state index contributed by atoms with van der Waals surface area (Å²) in [4.78, 5) is 1.47. The van der Waals surface area contributed by atoms with Crippen LogP contribution in [0.4, 0.5) is 0 Å². The molecule has 0 aliphatic heterocycles. The van der Waals surface area contributed by atoms with E-state index < -0.39 is 0 Å². The lowest BCUT2D eigenvalue weighted by atomic mass is 10.0. The van der Waals surface area contributed by atoms with Gasteiger partial charge in [0.15, 0.2) is 0 Å². The summed E-state index contributed by atoms with van der Waals surface area (Å²) in [6, 6.07) is 13.8. The Morgan fingerprint density at radius 3 is 2.70 bits per heavy atom. The molecule has 3 heteroatoms. The first kappa shape index (κ1) is 14.3. The Morgan fingerprint density at radius 2 is 2.10 bits per heavy atom. The van der Waals surface area contributed by atoms with Gasteiger partial charge in [-0.1, -0.05) is 37.3 Å². The van der Waals surface area contributed by atoms with Crippen LogP contribution in [0.5, 0.6) is 0 Å². The van der Waals surface area contributed by atoms with Crippen LogP contribution < -0.4 is 5.32 Å². The number of hydrogen-bond donors (Lipinski definition) is 1. The van der Waals surface area contributed by atoms with Crippen molar-refractivity contribution in [2.75, 3.05) is 6.54 Å². The molecule has 1 aromatic carbocycles. The highest BCUT2D eigenvalue weighted by Crippen LogP contribution is 2.55. The molecule has 20 heavy (non-hydrogen) atoms. The lowest BCUT2D eigenvalue weighted by molar-refractivity contribution is 0.494. The molecule has 0 amide bonds. The molecule has 3 atom stereocenters. The summed E-state index contributed by atoms with van der Waals surface area (Å²) >= 11 is 5.54. The van der Waals surface area contributed by atoms with Gasteiger partial charge in [0.1, 0.15) is 0 Å². The Morgan fingerprint density at radius 1 is 1.35 bits per heavy atom. The molecule has 3 rings (SSSR count). The summed E-state index contributed by atoms with van der Waals surface area (Å²) in [7, 11) is 0. The van der Waals surface area contributed by atoms with Gasteiger partial charge in [-0.15, -0.1) is 11.3 Å². The van der Waals surface area contributed by atoms with E-state index >= 15 is 0 Å². The van der Waals surface area contributed by atoms with Gasteiger partial charge in [-0.3, -0.25) is 0 Å². The molecular weight excluding hydrogens is 330 g/mol. The maximum Gasteiger partial charge on any atom is 0.0731 e. The fourth-order valence-electron chi connectivity index (χ4n) is 2.99. The maximum absolute atomic E-state index is 3.69. The number of benzene rings is 1. The minimum Gasteiger partial charge on any atom is -0.309 e. The van der Waals surface area contributed by atoms with E-state index in [1.807, 2.05) is 11.3 Å². The summed E-state index contributed by atoms with van der Waals surface area (Å²) in [6.07, 6.45) is 1.30. The number of halogens is 1. The molecule has 1 saturated carbocycles. The Labute approximate surface area is 133 Å². The fourth-order valence-corrected chi connectivity index (χ4v) is 4.71. The molecule has 1 fully saturated rings. The average molecular weight is 350 g/mol. The van der Waals surface area contributed by atoms with E-state index in [-0.39, 0.29) is 0 Å². The average Bonchev–Trinajstić information content (AvgIpc) is 3.18. The first-order chi connectivity index (χ1) is 9.70. The second-order valence-electron chi connectivity index (χ2n) is 5.56. The van der Waals surface area contributed by atoms with E-state index in [2.05, 4.69) is 71.5 Å². The smallest absolute Gasteiger partial charge is 0.0731 e. The van der Waals surface area contributed by atoms with Crippen LogP contribution in [-0.2, 0) is 0 Å². The number of nitrogens with one attached hydrogen (secondary N) is 1. The van der Waals surface area contributed by atoms with Gasteiger partial charge in [0.25, 0.3) is 0 Å². The quantitative estimate of drug-likeness (QED) is 0.774. The third kappa shape index (κ3) is 2.85. The molecule has 1 aliphatic rings. The second kappa shape index (κ2) is 6.00. The SMILES string of the molecule is CCNC(c1cc(C)c(Br)s1)C1CC1c1ccccc1. The van der Waals surface area contributed by atoms with Crippen LogP contribution >= 0.6 is 27.3 Å². The third-order valence-corrected chi connectivity index (χ3v) is 6.32. The molecule has 0 saturated heterocycles. The Balaban J connectivity index is 1.79. The molecule has 0 spiro atoms. The van der Waals surface area contributed by atoms with Gasteiger partial charge < -0.3 is 5.32 Å². The molecule has 1 heterocycles. The van der Waals surface area contributed by atoms with E-state index in [0.29, 0.717) is 6.04 Å². The minimum atomic E-state index is 0.500. The van der Waals surface area contributed by atoms with Gasteiger partial charge in [0, 0.05) is 10.9 Å². The predicted molar refractivity (Wildman–Crippen MR) is 90.5 cm³/mol. The maximum atomic E-state index is 3.69. The largest absolute Gasteiger partial charge is 0.309 e. The minimum absolute atomic E-state index is 0.500. The molecular formula is C17H20BrNS. The van der Waals surface area contributed by atoms with Crippen LogP contribution in [0, 0.1) is 12.8 Å². The van der Waals surface area contributed by atoms with Crippen LogP contribution in [0.15, 0.2) is 40.2 Å². The molecule has 0 radical (unpaired) electrons. The van der Waals surface area contributed by atoms with Crippen LogP contribution in [0.2, 0.25) is 0 Å². The van der Waals surface area contributed by atoms with Crippen molar-refractivity contribution in [3.8, 4) is 0 Å². The summed E-state index contributed by atoms with van der Waals surface area (Å²) in [5.41, 5.74) is 2.84. The molecule has 1 aliphatic carbocycles. The van der Waals surface area contributed by atoms with Crippen molar-refractivity contribution in [3.05, 3.63) is 56.2 Å². The second-order valence-corrected chi connectivity index (χ2v) is 7.96. The van der Waals surface area contributed by atoms with Gasteiger partial charge in [-0.2, -0.15) is 0 Å². The number of aryl methyl sites for hydroxylation is 1. The van der Waals surface area contributed by atoms with Crippen LogP contribution in [-0.4, -0.2) is 6.54 Å². The first-order valence-corrected chi connectivity index (χ1v) is 8.85. The van der Waals surface area contributed by atoms with Gasteiger partial charge in [-0.25, -0.2) is 0 Å². The van der Waals surface area contributed by atoms with Gasteiger partial charge in [0.05, 0.1) is 3.79 Å². The van der Waals surface area contributed by atoms with Gasteiger partial charge >= 0.3 is 0 Å². The van der Waals surface area contributed by atoms with Crippen LogP contribution in [0.1, 0.15) is 41.3 Å². The van der Waals surface area contributed by atoms with Crippen molar-refractivity contribution < 1.29 is 0 Å². The van der Waals surface area contributed by atoms with Crippen molar-refractivity contribution in [2.45, 2.75) is 32.2 Å². The molecule has 3 unspecified atom stereocenters. The van der Waals surface area contributed by atoms with Crippen molar-refractivity contribution in [3.63, 3.8) is 0 Å². The zero-order valence-electron chi connectivity index (χ0n) is 11.9. The van der Waals surface area contributed by atoms with E-state index in [0.717, 1.165) is 18.4 Å². The predicted octanol–water partition coefficient (Wildman–Crippen LogP) is 5.27. The Hall–Kier alpha value is -0.640. The molecule has 1 N–H and O–H groups in total. The zero-order chi connectivity index (χ0) is 14.1. The summed E-state index contributed by atoms with van der Waals surface area (Å²) in [5, 5.41) is 3.69. The highest BCUT2D eigenvalue weighted by molar-refractivity contribution is 9.11. The topological polar surface area (TPSA) is 12.0 Å². The molecule has 1 nitrogen and oxygen atoms in total. The monoisotopic (exact) mass is 349 g/mol. The van der Waals surface area contributed by atoms with E-state index in [1.165, 1.54) is 26.2 Å². The van der Waals surface area contributed by atoms with Gasteiger partial charge in [0.2, 0.25) is 0 Å². The van der Waals surface area contributed by atoms with E-state index in [4.69, 9.17) is 0 Å². The van der Waals surface area contributed by atoms with Crippen LogP contribution in [0.3, 0.4) is 0 Å². The zero-order valence-corrected chi connectivity index (χ0v) is 14.3. The molecule has 1 aromatic heterocycles.